The van der Waals surface area contributed by atoms with Crippen molar-refractivity contribution in [1.82, 2.24) is 0 Å². The van der Waals surface area contributed by atoms with Crippen LogP contribution in [-0.4, -0.2) is 53.9 Å². The number of carboxylic acids is 2. The van der Waals surface area contributed by atoms with Crippen molar-refractivity contribution in [2.24, 2.45) is 0 Å². The molecule has 3 rings (SSSR count). The number of fused-ring (bicyclic) bond motifs is 1. The molecule has 2 atom stereocenters. The molecule has 10 nitrogen and oxygen atoms in total. The molecule has 33 heavy (non-hydrogen) atoms. The smallest absolute Gasteiger partial charge is 0.348 e. The van der Waals surface area contributed by atoms with Gasteiger partial charge in [-0.15, -0.1) is 0 Å². The highest BCUT2D eigenvalue weighted by Crippen LogP contribution is 2.29. The fraction of sp³-hybridized carbons (Fsp3) is 0.136. The Kier molecular flexibility index (Phi) is 6.65. The number of carbonyl (C=O) groups is 3. The largest absolute Gasteiger partial charge is 0.506 e. The number of carboxylic acid groups (broad SMARTS) is 2. The van der Waals surface area contributed by atoms with E-state index >= 15 is 0 Å². The summed E-state index contributed by atoms with van der Waals surface area (Å²) in [6.45, 7) is 1.69. The van der Waals surface area contributed by atoms with Gasteiger partial charge in [0.2, 0.25) is 12.2 Å². The van der Waals surface area contributed by atoms with Crippen molar-refractivity contribution in [3.63, 3.8) is 0 Å². The average molecular weight is 474 g/mol. The molecule has 3 N–H and O–H groups in total. The summed E-state index contributed by atoms with van der Waals surface area (Å²) in [4.78, 5) is 35.5. The quantitative estimate of drug-likeness (QED) is 0.326. The van der Waals surface area contributed by atoms with Gasteiger partial charge in [0.05, 0.1) is 4.90 Å². The molecule has 172 valence electrons. The molecule has 0 fully saturated rings. The van der Waals surface area contributed by atoms with Crippen LogP contribution in [0.4, 0.5) is 0 Å². The minimum absolute atomic E-state index is 0.270. The number of phenolic OH excluding ortho intramolecular Hbond substituents is 1. The maximum Gasteiger partial charge on any atom is 0.348 e. The highest BCUT2D eigenvalue weighted by atomic mass is 32.2. The highest BCUT2D eigenvalue weighted by molar-refractivity contribution is 7.86. The number of benzene rings is 3. The van der Waals surface area contributed by atoms with E-state index in [9.17, 15) is 38.1 Å². The van der Waals surface area contributed by atoms with Crippen LogP contribution < -0.4 is 0 Å². The van der Waals surface area contributed by atoms with Crippen molar-refractivity contribution in [3.05, 3.63) is 71.8 Å². The van der Waals surface area contributed by atoms with Gasteiger partial charge in [-0.1, -0.05) is 48.0 Å². The molecule has 0 bridgehead atoms. The molecule has 2 unspecified atom stereocenters. The number of aromatic hydroxyl groups is 1. The molecule has 0 aromatic heterocycles. The number of hydrogen-bond acceptors (Lipinski definition) is 8. The number of phenols is 1. The fourth-order valence-corrected chi connectivity index (χ4v) is 4.00. The number of carbonyl (C=O) groups excluding carboxylic acids is 1. The Balaban J connectivity index is 1.92. The first kappa shape index (κ1) is 23.7. The lowest BCUT2D eigenvalue weighted by atomic mass is 10.1. The molecule has 0 radical (unpaired) electrons. The molecule has 0 aliphatic heterocycles. The highest BCUT2D eigenvalue weighted by Gasteiger charge is 2.42. The van der Waals surface area contributed by atoms with Crippen LogP contribution in [0.1, 0.15) is 15.9 Å². The van der Waals surface area contributed by atoms with Crippen molar-refractivity contribution in [1.29, 1.82) is 0 Å². The summed E-state index contributed by atoms with van der Waals surface area (Å²) in [5, 5.41) is 30.1. The van der Waals surface area contributed by atoms with Crippen LogP contribution in [-0.2, 0) is 28.6 Å². The third kappa shape index (κ3) is 5.10. The van der Waals surface area contributed by atoms with E-state index in [0.29, 0.717) is 5.39 Å². The van der Waals surface area contributed by atoms with E-state index in [-0.39, 0.29) is 5.39 Å². The second kappa shape index (κ2) is 9.27. The van der Waals surface area contributed by atoms with E-state index in [4.69, 9.17) is 4.74 Å². The van der Waals surface area contributed by atoms with E-state index < -0.39 is 56.4 Å². The van der Waals surface area contributed by atoms with E-state index in [1.165, 1.54) is 30.3 Å². The number of rotatable bonds is 8. The Morgan fingerprint density at radius 3 is 2.06 bits per heavy atom. The monoisotopic (exact) mass is 474 g/mol. The zero-order valence-corrected chi connectivity index (χ0v) is 17.9. The van der Waals surface area contributed by atoms with Crippen molar-refractivity contribution in [2.75, 3.05) is 0 Å². The molecule has 0 saturated carbocycles. The Morgan fingerprint density at radius 2 is 1.45 bits per heavy atom. The van der Waals surface area contributed by atoms with Gasteiger partial charge in [-0.3, -0.25) is 0 Å². The Bertz CT molecular complexity index is 1330. The molecule has 0 aliphatic rings. The van der Waals surface area contributed by atoms with Gasteiger partial charge < -0.3 is 20.1 Å². The Hall–Kier alpha value is -3.96. The molecule has 11 heteroatoms. The second-order valence-corrected chi connectivity index (χ2v) is 8.54. The van der Waals surface area contributed by atoms with Crippen molar-refractivity contribution >= 4 is 38.8 Å². The summed E-state index contributed by atoms with van der Waals surface area (Å²) in [5.41, 5.74) is 0.279. The van der Waals surface area contributed by atoms with E-state index in [2.05, 4.69) is 4.18 Å². The number of aliphatic carboxylic acids is 2. The lowest BCUT2D eigenvalue weighted by molar-refractivity contribution is -0.163. The summed E-state index contributed by atoms with van der Waals surface area (Å²) in [5.74, 6) is -5.85. The van der Waals surface area contributed by atoms with E-state index in [1.807, 2.05) is 0 Å². The SMILES string of the molecule is Cc1ccc(S(=O)(=O)OC(C(=O)O)C(OC(=O)c2ccc3ccccc3c2O)C(=O)O)cc1. The molecule has 0 amide bonds. The van der Waals surface area contributed by atoms with Crippen molar-refractivity contribution in [3.8, 4) is 5.75 Å². The standard InChI is InChI=1S/C22H18O10S/c1-12-6-9-14(10-7-12)33(29,30)32-19(21(26)27)18(20(24)25)31-22(28)16-11-8-13-4-2-3-5-15(13)17(16)23/h2-11,18-19,23H,1H3,(H,24,25)(H,26,27). The van der Waals surface area contributed by atoms with Crippen LogP contribution >= 0.6 is 0 Å². The van der Waals surface area contributed by atoms with Gasteiger partial charge in [0.25, 0.3) is 10.1 Å². The first-order chi connectivity index (χ1) is 15.5. The third-order valence-corrected chi connectivity index (χ3v) is 5.97. The van der Waals surface area contributed by atoms with E-state index in [0.717, 1.165) is 17.7 Å². The third-order valence-electron chi connectivity index (χ3n) is 4.66. The number of aryl methyl sites for hydroxylation is 1. The van der Waals surface area contributed by atoms with Crippen LogP contribution in [0, 0.1) is 6.92 Å². The maximum atomic E-state index is 12.6. The maximum absolute atomic E-state index is 12.6. The minimum atomic E-state index is -4.72. The zero-order valence-electron chi connectivity index (χ0n) is 17.0. The van der Waals surface area contributed by atoms with Gasteiger partial charge in [0, 0.05) is 5.39 Å². The average Bonchev–Trinajstić information content (AvgIpc) is 2.76. The van der Waals surface area contributed by atoms with Crippen LogP contribution in [0.15, 0.2) is 65.6 Å². The summed E-state index contributed by atoms with van der Waals surface area (Å²) in [6, 6.07) is 14.3. The molecule has 0 saturated heterocycles. The lowest BCUT2D eigenvalue weighted by Gasteiger charge is -2.21. The van der Waals surface area contributed by atoms with Crippen LogP contribution in [0.25, 0.3) is 10.8 Å². The lowest BCUT2D eigenvalue weighted by Crippen LogP contribution is -2.45. The minimum Gasteiger partial charge on any atom is -0.506 e. The van der Waals surface area contributed by atoms with Gasteiger partial charge in [0.1, 0.15) is 11.3 Å². The molecule has 3 aromatic carbocycles. The van der Waals surface area contributed by atoms with Gasteiger partial charge in [-0.2, -0.15) is 8.42 Å². The van der Waals surface area contributed by atoms with Crippen LogP contribution in [0.2, 0.25) is 0 Å². The predicted octanol–water partition coefficient (Wildman–Crippen LogP) is 2.32. The zero-order chi connectivity index (χ0) is 24.3. The van der Waals surface area contributed by atoms with Gasteiger partial charge in [-0.25, -0.2) is 18.6 Å². The fourth-order valence-electron chi connectivity index (χ4n) is 2.96. The number of esters is 1. The molecule has 0 spiro atoms. The van der Waals surface area contributed by atoms with Gasteiger partial charge >= 0.3 is 17.9 Å². The molecule has 3 aromatic rings. The van der Waals surface area contributed by atoms with Crippen LogP contribution in [0.3, 0.4) is 0 Å². The number of ether oxygens (including phenoxy) is 1. The molecule has 0 aliphatic carbocycles. The first-order valence-corrected chi connectivity index (χ1v) is 10.8. The van der Waals surface area contributed by atoms with Gasteiger partial charge in [-0.05, 0) is 30.5 Å². The van der Waals surface area contributed by atoms with Crippen molar-refractivity contribution in [2.45, 2.75) is 24.0 Å². The normalized spacial score (nSPS) is 13.2. The number of hydrogen-bond donors (Lipinski definition) is 3. The van der Waals surface area contributed by atoms with Gasteiger partial charge in [0.15, 0.2) is 0 Å². The van der Waals surface area contributed by atoms with Crippen LogP contribution in [0.5, 0.6) is 5.75 Å². The van der Waals surface area contributed by atoms with E-state index in [1.54, 1.807) is 25.1 Å². The Morgan fingerprint density at radius 1 is 0.848 bits per heavy atom. The summed E-state index contributed by atoms with van der Waals surface area (Å²) in [7, 11) is -4.72. The summed E-state index contributed by atoms with van der Waals surface area (Å²) < 4.78 is 34.4. The predicted molar refractivity (Wildman–Crippen MR) is 113 cm³/mol. The topological polar surface area (TPSA) is 164 Å². The van der Waals surface area contributed by atoms with Crippen molar-refractivity contribution < 1.29 is 47.0 Å². The molecular weight excluding hydrogens is 456 g/mol. The summed E-state index contributed by atoms with van der Waals surface area (Å²) >= 11 is 0. The Labute approximate surface area is 187 Å². The molecule has 0 heterocycles. The summed E-state index contributed by atoms with van der Waals surface area (Å²) in [6.07, 6.45) is -5.14. The molecular formula is C22H18O10S. The second-order valence-electron chi connectivity index (χ2n) is 6.97. The first-order valence-electron chi connectivity index (χ1n) is 9.38.